The highest BCUT2D eigenvalue weighted by atomic mass is 32.2. The molecule has 1 fully saturated rings. The van der Waals surface area contributed by atoms with Gasteiger partial charge in [0.1, 0.15) is 11.4 Å². The normalized spacial score (nSPS) is 15.3. The maximum absolute atomic E-state index is 13.3. The van der Waals surface area contributed by atoms with Gasteiger partial charge in [0, 0.05) is 37.8 Å². The Morgan fingerprint density at radius 3 is 2.51 bits per heavy atom. The first-order chi connectivity index (χ1) is 16.7. The van der Waals surface area contributed by atoms with Crippen molar-refractivity contribution in [2.75, 3.05) is 13.1 Å². The van der Waals surface area contributed by atoms with Crippen LogP contribution in [0.3, 0.4) is 0 Å². The highest BCUT2D eigenvalue weighted by Gasteiger charge is 2.29. The molecule has 35 heavy (non-hydrogen) atoms. The summed E-state index contributed by atoms with van der Waals surface area (Å²) < 4.78 is 42.8. The molecule has 2 aromatic carbocycles. The van der Waals surface area contributed by atoms with Crippen LogP contribution < -0.4 is 10.7 Å². The average molecular weight is 498 g/mol. The van der Waals surface area contributed by atoms with Crippen LogP contribution in [0.25, 0.3) is 10.9 Å². The van der Waals surface area contributed by atoms with Gasteiger partial charge >= 0.3 is 0 Å². The maximum Gasteiger partial charge on any atom is 0.257 e. The van der Waals surface area contributed by atoms with E-state index in [0.29, 0.717) is 36.6 Å². The summed E-state index contributed by atoms with van der Waals surface area (Å²) >= 11 is 0. The zero-order valence-corrected chi connectivity index (χ0v) is 20.4. The summed E-state index contributed by atoms with van der Waals surface area (Å²) in [6, 6.07) is 10.1. The third-order valence-electron chi connectivity index (χ3n) is 6.37. The van der Waals surface area contributed by atoms with E-state index in [0.717, 1.165) is 12.8 Å². The van der Waals surface area contributed by atoms with Gasteiger partial charge in [0.25, 0.3) is 5.91 Å². The molecule has 0 bridgehead atoms. The van der Waals surface area contributed by atoms with E-state index in [1.807, 2.05) is 0 Å². The molecule has 1 amide bonds. The van der Waals surface area contributed by atoms with Crippen molar-refractivity contribution in [1.29, 1.82) is 0 Å². The topological polar surface area (TPSA) is 88.5 Å². The molecule has 0 radical (unpaired) electrons. The number of carbonyl (C=O) groups is 1. The first-order valence-electron chi connectivity index (χ1n) is 11.5. The monoisotopic (exact) mass is 497 g/mol. The molecule has 4 rings (SSSR count). The molecule has 7 nitrogen and oxygen atoms in total. The number of sulfonamides is 1. The summed E-state index contributed by atoms with van der Waals surface area (Å²) in [6.45, 7) is 7.15. The summed E-state index contributed by atoms with van der Waals surface area (Å²) in [6.07, 6.45) is 4.66. The van der Waals surface area contributed by atoms with Crippen molar-refractivity contribution in [3.63, 3.8) is 0 Å². The van der Waals surface area contributed by atoms with Gasteiger partial charge in [-0.05, 0) is 54.7 Å². The van der Waals surface area contributed by atoms with Gasteiger partial charge in [0.05, 0.1) is 10.4 Å². The molecule has 1 aliphatic rings. The Balaban J connectivity index is 1.71. The number of pyridine rings is 1. The van der Waals surface area contributed by atoms with E-state index >= 15 is 0 Å². The predicted molar refractivity (Wildman–Crippen MR) is 133 cm³/mol. The Kier molecular flexibility index (Phi) is 7.18. The predicted octanol–water partition coefficient (Wildman–Crippen LogP) is 3.68. The van der Waals surface area contributed by atoms with Crippen LogP contribution >= 0.6 is 0 Å². The molecule has 184 valence electrons. The van der Waals surface area contributed by atoms with Crippen molar-refractivity contribution in [1.82, 2.24) is 14.2 Å². The molecular weight excluding hydrogens is 469 g/mol. The number of hydrogen-bond acceptors (Lipinski definition) is 4. The molecule has 0 atom stereocenters. The zero-order valence-electron chi connectivity index (χ0n) is 19.5. The smallest absolute Gasteiger partial charge is 0.257 e. The van der Waals surface area contributed by atoms with Crippen molar-refractivity contribution in [2.24, 2.45) is 5.92 Å². The van der Waals surface area contributed by atoms with Crippen LogP contribution in [0.4, 0.5) is 4.39 Å². The maximum atomic E-state index is 13.3. The minimum atomic E-state index is -3.77. The van der Waals surface area contributed by atoms with Crippen molar-refractivity contribution in [3.05, 3.63) is 88.5 Å². The molecule has 9 heteroatoms. The second-order valence-electron chi connectivity index (χ2n) is 8.89. The van der Waals surface area contributed by atoms with Gasteiger partial charge in [-0.15, -0.1) is 6.58 Å². The largest absolute Gasteiger partial charge is 0.348 e. The Morgan fingerprint density at radius 1 is 1.17 bits per heavy atom. The fourth-order valence-electron chi connectivity index (χ4n) is 4.24. The number of carbonyl (C=O) groups excluding carboxylic acids is 1. The number of fused-ring (bicyclic) bond motifs is 1. The van der Waals surface area contributed by atoms with Gasteiger partial charge in [0.2, 0.25) is 15.5 Å². The van der Waals surface area contributed by atoms with Crippen LogP contribution in [0.5, 0.6) is 0 Å². The highest BCUT2D eigenvalue weighted by Crippen LogP contribution is 2.25. The van der Waals surface area contributed by atoms with Gasteiger partial charge < -0.3 is 9.88 Å². The SMILES string of the molecule is C=CCn1cc(C(=O)NCc2ccc(F)cc2)c(=O)c2cc(S(=O)(=O)N3CCC(C)CC3)ccc21. The number of allylic oxidation sites excluding steroid dienone is 1. The molecule has 1 aliphatic heterocycles. The lowest BCUT2D eigenvalue weighted by molar-refractivity contribution is 0.0949. The molecule has 0 unspecified atom stereocenters. The van der Waals surface area contributed by atoms with Crippen LogP contribution in [0.15, 0.2) is 71.0 Å². The van der Waals surface area contributed by atoms with E-state index < -0.39 is 21.4 Å². The lowest BCUT2D eigenvalue weighted by atomic mass is 10.0. The molecule has 0 aliphatic carbocycles. The molecule has 2 heterocycles. The Hall–Kier alpha value is -3.30. The van der Waals surface area contributed by atoms with Crippen molar-refractivity contribution < 1.29 is 17.6 Å². The zero-order chi connectivity index (χ0) is 25.2. The second-order valence-corrected chi connectivity index (χ2v) is 10.8. The third-order valence-corrected chi connectivity index (χ3v) is 8.26. The van der Waals surface area contributed by atoms with Crippen molar-refractivity contribution in [2.45, 2.75) is 37.8 Å². The fourth-order valence-corrected chi connectivity index (χ4v) is 5.74. The van der Waals surface area contributed by atoms with E-state index in [4.69, 9.17) is 0 Å². The standard InChI is InChI=1S/C26H28FN3O4S/c1-3-12-29-17-23(26(32)28-16-19-4-6-20(27)7-5-19)25(31)22-15-21(8-9-24(22)29)35(33,34)30-13-10-18(2)11-14-30/h3-9,15,17-18H,1,10-14,16H2,2H3,(H,28,32). The molecule has 0 spiro atoms. The van der Waals surface area contributed by atoms with Crippen molar-refractivity contribution >= 4 is 26.8 Å². The van der Waals surface area contributed by atoms with Crippen molar-refractivity contribution in [3.8, 4) is 0 Å². The quantitative estimate of drug-likeness (QED) is 0.505. The number of rotatable bonds is 7. The van der Waals surface area contributed by atoms with E-state index in [1.165, 1.54) is 34.8 Å². The van der Waals surface area contributed by atoms with Crippen LogP contribution in [0.2, 0.25) is 0 Å². The number of benzene rings is 2. The second kappa shape index (κ2) is 10.1. The van der Waals surface area contributed by atoms with E-state index in [9.17, 15) is 22.4 Å². The average Bonchev–Trinajstić information content (AvgIpc) is 2.85. The molecule has 1 saturated heterocycles. The van der Waals surface area contributed by atoms with E-state index in [-0.39, 0.29) is 28.2 Å². The Bertz CT molecular complexity index is 1420. The van der Waals surface area contributed by atoms with Gasteiger partial charge in [-0.1, -0.05) is 25.1 Å². The molecule has 3 aromatic rings. The van der Waals surface area contributed by atoms with Crippen LogP contribution in [-0.4, -0.2) is 36.3 Å². The molecule has 1 N–H and O–H groups in total. The van der Waals surface area contributed by atoms with Gasteiger partial charge in [-0.2, -0.15) is 4.31 Å². The van der Waals surface area contributed by atoms with Crippen LogP contribution in [-0.2, 0) is 23.1 Å². The number of halogens is 1. The number of nitrogens with zero attached hydrogens (tertiary/aromatic N) is 2. The van der Waals surface area contributed by atoms with Gasteiger partial charge in [-0.25, -0.2) is 12.8 Å². The summed E-state index contributed by atoms with van der Waals surface area (Å²) in [5, 5.41) is 2.83. The summed E-state index contributed by atoms with van der Waals surface area (Å²) in [4.78, 5) is 26.3. The number of nitrogens with one attached hydrogen (secondary N) is 1. The lowest BCUT2D eigenvalue weighted by Gasteiger charge is -2.29. The summed E-state index contributed by atoms with van der Waals surface area (Å²) in [5.74, 6) is -0.510. The molecule has 0 saturated carbocycles. The number of hydrogen-bond donors (Lipinski definition) is 1. The number of amides is 1. The first kappa shape index (κ1) is 24.8. The first-order valence-corrected chi connectivity index (χ1v) is 13.0. The van der Waals surface area contributed by atoms with Crippen LogP contribution in [0, 0.1) is 11.7 Å². The van der Waals surface area contributed by atoms with Gasteiger partial charge in [-0.3, -0.25) is 9.59 Å². The van der Waals surface area contributed by atoms with Gasteiger partial charge in [0.15, 0.2) is 0 Å². The van der Waals surface area contributed by atoms with E-state index in [2.05, 4.69) is 18.8 Å². The summed E-state index contributed by atoms with van der Waals surface area (Å²) in [5.41, 5.74) is 0.524. The Labute approximate surface area is 203 Å². The van der Waals surface area contributed by atoms with Crippen LogP contribution in [0.1, 0.15) is 35.7 Å². The highest BCUT2D eigenvalue weighted by molar-refractivity contribution is 7.89. The molecule has 1 aromatic heterocycles. The Morgan fingerprint density at radius 2 is 1.86 bits per heavy atom. The number of aromatic nitrogens is 1. The lowest BCUT2D eigenvalue weighted by Crippen LogP contribution is -2.38. The fraction of sp³-hybridized carbons (Fsp3) is 0.308. The minimum absolute atomic E-state index is 0.0330. The number of piperidine rings is 1. The third kappa shape index (κ3) is 5.21. The molecular formula is C26H28FN3O4S. The summed E-state index contributed by atoms with van der Waals surface area (Å²) in [7, 11) is -3.77. The van der Waals surface area contributed by atoms with E-state index in [1.54, 1.807) is 28.8 Å². The minimum Gasteiger partial charge on any atom is -0.348 e.